The highest BCUT2D eigenvalue weighted by Crippen LogP contribution is 2.30. The van der Waals surface area contributed by atoms with Crippen LogP contribution in [0, 0.1) is 19.8 Å². The van der Waals surface area contributed by atoms with Gasteiger partial charge in [0.25, 0.3) is 11.5 Å². The molecule has 2 aliphatic rings. The van der Waals surface area contributed by atoms with Crippen molar-refractivity contribution < 1.29 is 13.2 Å². The summed E-state index contributed by atoms with van der Waals surface area (Å²) in [7, 11) is -3.25. The Hall–Kier alpha value is -1.67. The molecule has 1 aromatic rings. The second-order valence-electron chi connectivity index (χ2n) is 7.16. The Balaban J connectivity index is 1.84. The normalized spacial score (nSPS) is 19.2. The molecule has 0 N–H and O–H groups in total. The van der Waals surface area contributed by atoms with Gasteiger partial charge >= 0.3 is 0 Å². The Morgan fingerprint density at radius 1 is 1.16 bits per heavy atom. The highest BCUT2D eigenvalue weighted by molar-refractivity contribution is 7.88. The largest absolute Gasteiger partial charge is 0.336 e. The minimum Gasteiger partial charge on any atom is -0.336 e. The molecule has 1 aliphatic heterocycles. The molecule has 1 aliphatic carbocycles. The van der Waals surface area contributed by atoms with Crippen molar-refractivity contribution in [1.29, 1.82) is 0 Å². The molecule has 0 atom stereocenters. The van der Waals surface area contributed by atoms with Crippen molar-refractivity contribution in [3.05, 3.63) is 33.2 Å². The van der Waals surface area contributed by atoms with Crippen molar-refractivity contribution in [1.82, 2.24) is 13.8 Å². The van der Waals surface area contributed by atoms with Crippen molar-refractivity contribution in [2.24, 2.45) is 5.92 Å². The number of hydrogen-bond donors (Lipinski definition) is 0. The van der Waals surface area contributed by atoms with Gasteiger partial charge in [0.1, 0.15) is 5.56 Å². The van der Waals surface area contributed by atoms with E-state index in [-0.39, 0.29) is 30.1 Å². The fourth-order valence-electron chi connectivity index (χ4n) is 3.35. The molecule has 0 radical (unpaired) electrons. The van der Waals surface area contributed by atoms with Gasteiger partial charge in [0, 0.05) is 38.4 Å². The van der Waals surface area contributed by atoms with Gasteiger partial charge in [-0.2, -0.15) is 4.31 Å². The Morgan fingerprint density at radius 3 is 2.28 bits per heavy atom. The van der Waals surface area contributed by atoms with Crippen molar-refractivity contribution in [3.63, 3.8) is 0 Å². The highest BCUT2D eigenvalue weighted by Gasteiger charge is 2.30. The molecule has 7 nitrogen and oxygen atoms in total. The number of piperazine rings is 1. The first-order valence-electron chi connectivity index (χ1n) is 8.64. The lowest BCUT2D eigenvalue weighted by molar-refractivity contribution is 0.0695. The van der Waals surface area contributed by atoms with E-state index in [4.69, 9.17) is 0 Å². The summed E-state index contributed by atoms with van der Waals surface area (Å²) < 4.78 is 26.3. The Morgan fingerprint density at radius 2 is 1.76 bits per heavy atom. The predicted octanol–water partition coefficient (Wildman–Crippen LogP) is 0.593. The van der Waals surface area contributed by atoms with Crippen LogP contribution >= 0.6 is 0 Å². The molecule has 2 fully saturated rings. The molecule has 1 amide bonds. The SMILES string of the molecule is Cc1cc(C)n(CC2CC2)c(=O)c1C(=O)N1CCN(S(C)(=O)=O)CC1. The highest BCUT2D eigenvalue weighted by atomic mass is 32.2. The van der Waals surface area contributed by atoms with Crippen LogP contribution < -0.4 is 5.56 Å². The summed E-state index contributed by atoms with van der Waals surface area (Å²) in [4.78, 5) is 27.4. The topological polar surface area (TPSA) is 79.7 Å². The molecule has 0 unspecified atom stereocenters. The maximum Gasteiger partial charge on any atom is 0.263 e. The summed E-state index contributed by atoms with van der Waals surface area (Å²) in [6.45, 7) is 5.51. The first-order chi connectivity index (χ1) is 11.7. The number of carbonyl (C=O) groups excluding carboxylic acids is 1. The molecule has 1 aromatic heterocycles. The van der Waals surface area contributed by atoms with Crippen molar-refractivity contribution in [2.45, 2.75) is 33.2 Å². The molecule has 0 bridgehead atoms. The quantitative estimate of drug-likeness (QED) is 0.780. The van der Waals surface area contributed by atoms with E-state index in [0.29, 0.717) is 31.1 Å². The summed E-state index contributed by atoms with van der Waals surface area (Å²) in [6, 6.07) is 1.89. The average Bonchev–Trinajstić information content (AvgIpc) is 3.34. The average molecular weight is 367 g/mol. The van der Waals surface area contributed by atoms with E-state index in [0.717, 1.165) is 18.5 Å². The number of aryl methyl sites for hydroxylation is 2. The minimum atomic E-state index is -3.25. The lowest BCUT2D eigenvalue weighted by atomic mass is 10.1. The van der Waals surface area contributed by atoms with Gasteiger partial charge in [-0.25, -0.2) is 8.42 Å². The van der Waals surface area contributed by atoms with Gasteiger partial charge in [-0.3, -0.25) is 9.59 Å². The number of nitrogens with zero attached hydrogens (tertiary/aromatic N) is 3. The number of carbonyl (C=O) groups is 1. The molecule has 138 valence electrons. The van der Waals surface area contributed by atoms with Crippen molar-refractivity contribution >= 4 is 15.9 Å². The summed E-state index contributed by atoms with van der Waals surface area (Å²) in [5.74, 6) is 0.251. The van der Waals surface area contributed by atoms with E-state index in [2.05, 4.69) is 0 Å². The second-order valence-corrected chi connectivity index (χ2v) is 9.14. The zero-order chi connectivity index (χ0) is 18.4. The molecule has 0 spiro atoms. The van der Waals surface area contributed by atoms with Crippen LogP contribution in [0.25, 0.3) is 0 Å². The number of sulfonamides is 1. The van der Waals surface area contributed by atoms with Gasteiger partial charge < -0.3 is 9.47 Å². The monoisotopic (exact) mass is 367 g/mol. The Labute approximate surface area is 148 Å². The number of aromatic nitrogens is 1. The fourth-order valence-corrected chi connectivity index (χ4v) is 4.18. The van der Waals surface area contributed by atoms with Crippen LogP contribution in [0.2, 0.25) is 0 Å². The molecule has 0 aromatic carbocycles. The molecule has 1 saturated heterocycles. The lowest BCUT2D eigenvalue weighted by Crippen LogP contribution is -2.51. The van der Waals surface area contributed by atoms with E-state index in [1.807, 2.05) is 13.0 Å². The maximum absolute atomic E-state index is 12.9. The summed E-state index contributed by atoms with van der Waals surface area (Å²) in [5, 5.41) is 0. The van der Waals surface area contributed by atoms with E-state index >= 15 is 0 Å². The minimum absolute atomic E-state index is 0.221. The summed E-state index contributed by atoms with van der Waals surface area (Å²) >= 11 is 0. The second kappa shape index (κ2) is 6.57. The molecule has 3 rings (SSSR count). The van der Waals surface area contributed by atoms with Crippen LogP contribution in [0.4, 0.5) is 0 Å². The van der Waals surface area contributed by atoms with Crippen molar-refractivity contribution in [3.8, 4) is 0 Å². The third-order valence-electron chi connectivity index (χ3n) is 5.05. The van der Waals surface area contributed by atoms with Crippen LogP contribution in [0.15, 0.2) is 10.9 Å². The molecule has 1 saturated carbocycles. The standard InChI is InChI=1S/C17H25N3O4S/c1-12-10-13(2)20(11-14-4-5-14)17(22)15(12)16(21)18-6-8-19(9-7-18)25(3,23)24/h10,14H,4-9,11H2,1-3H3. The van der Waals surface area contributed by atoms with Crippen LogP contribution in [-0.2, 0) is 16.6 Å². The summed E-state index contributed by atoms with van der Waals surface area (Å²) in [6.07, 6.45) is 3.44. The molecular formula is C17H25N3O4S. The van der Waals surface area contributed by atoms with E-state index in [9.17, 15) is 18.0 Å². The fraction of sp³-hybridized carbons (Fsp3) is 0.647. The Bertz CT molecular complexity index is 847. The van der Waals surface area contributed by atoms with Crippen LogP contribution in [-0.4, -0.2) is 60.5 Å². The third-order valence-corrected chi connectivity index (χ3v) is 6.35. The van der Waals surface area contributed by atoms with Gasteiger partial charge in [0.15, 0.2) is 0 Å². The first-order valence-corrected chi connectivity index (χ1v) is 10.5. The number of pyridine rings is 1. The van der Waals surface area contributed by atoms with Crippen LogP contribution in [0.5, 0.6) is 0 Å². The predicted molar refractivity (Wildman–Crippen MR) is 95.2 cm³/mol. The van der Waals surface area contributed by atoms with Gasteiger partial charge in [0.2, 0.25) is 10.0 Å². The molecule has 25 heavy (non-hydrogen) atoms. The lowest BCUT2D eigenvalue weighted by Gasteiger charge is -2.33. The zero-order valence-electron chi connectivity index (χ0n) is 15.0. The van der Waals surface area contributed by atoms with E-state index in [1.54, 1.807) is 16.4 Å². The van der Waals surface area contributed by atoms with Crippen LogP contribution in [0.3, 0.4) is 0 Å². The number of rotatable bonds is 4. The van der Waals surface area contributed by atoms with Crippen LogP contribution in [0.1, 0.15) is 34.5 Å². The maximum atomic E-state index is 12.9. The van der Waals surface area contributed by atoms with Crippen molar-refractivity contribution in [2.75, 3.05) is 32.4 Å². The zero-order valence-corrected chi connectivity index (χ0v) is 15.8. The van der Waals surface area contributed by atoms with Gasteiger partial charge in [-0.15, -0.1) is 0 Å². The molecule has 2 heterocycles. The summed E-state index contributed by atoms with van der Waals surface area (Å²) in [5.41, 5.74) is 1.57. The van der Waals surface area contributed by atoms with E-state index < -0.39 is 10.0 Å². The number of amides is 1. The molecular weight excluding hydrogens is 342 g/mol. The molecule has 8 heteroatoms. The third kappa shape index (κ3) is 3.79. The van der Waals surface area contributed by atoms with Gasteiger partial charge in [-0.1, -0.05) is 0 Å². The first kappa shape index (κ1) is 18.1. The Kier molecular flexibility index (Phi) is 4.76. The number of hydrogen-bond acceptors (Lipinski definition) is 4. The van der Waals surface area contributed by atoms with E-state index in [1.165, 1.54) is 10.6 Å². The van der Waals surface area contributed by atoms with Gasteiger partial charge in [0.05, 0.1) is 6.26 Å². The smallest absolute Gasteiger partial charge is 0.263 e. The van der Waals surface area contributed by atoms with Gasteiger partial charge in [-0.05, 0) is 44.2 Å².